The fourth-order valence-corrected chi connectivity index (χ4v) is 14.0. The van der Waals surface area contributed by atoms with Gasteiger partial charge in [0.1, 0.15) is 22.8 Å². The van der Waals surface area contributed by atoms with Crippen LogP contribution >= 0.6 is 0 Å². The number of nitrogens with zero attached hydrogens (tertiary/aromatic N) is 18. The van der Waals surface area contributed by atoms with Crippen LogP contribution in [0.1, 0.15) is 170 Å². The molecule has 1 aliphatic rings. The van der Waals surface area contributed by atoms with Gasteiger partial charge in [0, 0.05) is 112 Å². The van der Waals surface area contributed by atoms with Crippen LogP contribution in [0.4, 0.5) is 23.8 Å². The van der Waals surface area contributed by atoms with Crippen LogP contribution in [0.2, 0.25) is 0 Å². The van der Waals surface area contributed by atoms with E-state index in [2.05, 4.69) is 45.7 Å². The number of carbonyl (C=O) groups is 8. The number of primary amides is 4. The standard InChI is InChI=1S/C38H45N13O4.C21H25N9O2.C17H24N4O4/c1-5-50-32-26(23(3)46-50)9-7-6-8-14-51-31(19-22(2)45-51)35(54)43-37-41-27-20-24(33(39)52)10-12-29(27)48(37)17-15-47(4)16-18-49-30-13-11-25(34(40)53)21-28(30)42-38(49)44-36(32)55;1-28(6-8-29-16-4-2-12(18(22)31)10-14(16)26-20(29)24)7-9-30-17-5-3-13(19(23)32)11-15(17)27-21(30)25;1-4-20-15(17(24)25)13(12(3)19-20)8-6-5-7-9-21-14(16(22)23)10-11(2)18-21/h10-13,19-21H,5-9,14-18H2,1-4H3,(H2,39,52)(H2,40,53)(H,41,43,54)(H,42,44,55);2-5,10-11H,6-9H2,1H3,(H2,22,31)(H2,23,32)(H2,24,26)(H2,25,27);10H,4-9H2,1-3H3,(H,22,23)(H,24,25). The van der Waals surface area contributed by atoms with Crippen LogP contribution in [0.25, 0.3) is 44.1 Å². The van der Waals surface area contributed by atoms with Crippen molar-refractivity contribution in [3.05, 3.63) is 164 Å². The molecule has 1 aliphatic heterocycles. The second-order valence-electron chi connectivity index (χ2n) is 27.7. The molecule has 13 rings (SSSR count). The highest BCUT2D eigenvalue weighted by Gasteiger charge is 2.27. The summed E-state index contributed by atoms with van der Waals surface area (Å²) in [4.78, 5) is 120. The number of carbonyl (C=O) groups excluding carboxylic acids is 6. The number of aryl methyl sites for hydroxylation is 8. The van der Waals surface area contributed by atoms with Crippen molar-refractivity contribution in [3.63, 3.8) is 0 Å². The summed E-state index contributed by atoms with van der Waals surface area (Å²) in [5.74, 6) is -3.31. The third-order valence-electron chi connectivity index (χ3n) is 19.8. The van der Waals surface area contributed by atoms with E-state index in [1.165, 1.54) is 9.36 Å². The Kier molecular flexibility index (Phi) is 24.7. The number of carboxylic acid groups (broad SMARTS) is 2. The van der Waals surface area contributed by atoms with Gasteiger partial charge in [-0.25, -0.2) is 29.5 Å². The van der Waals surface area contributed by atoms with Crippen LogP contribution in [0, 0.1) is 27.7 Å². The highest BCUT2D eigenvalue weighted by atomic mass is 16.4. The Morgan fingerprint density at radius 1 is 0.509 bits per heavy atom. The summed E-state index contributed by atoms with van der Waals surface area (Å²) in [5.41, 5.74) is 46.9. The van der Waals surface area contributed by atoms with Crippen molar-refractivity contribution in [3.8, 4) is 0 Å². The Balaban J connectivity index is 0.000000184. The molecular weight excluding hydrogens is 1440 g/mol. The minimum absolute atomic E-state index is 0.200. The summed E-state index contributed by atoms with van der Waals surface area (Å²) < 4.78 is 14.1. The first-order valence-corrected chi connectivity index (χ1v) is 36.9. The fraction of sp³-hybridized carbons (Fsp3) is 0.368. The molecule has 0 fully saturated rings. The average molecular weight is 1530 g/mol. The number of fused-ring (bicyclic) bond motifs is 10. The molecule has 0 atom stereocenters. The van der Waals surface area contributed by atoms with E-state index in [-0.39, 0.29) is 23.2 Å². The van der Waals surface area contributed by atoms with Gasteiger partial charge in [-0.15, -0.1) is 0 Å². The number of nitrogens with one attached hydrogen (secondary N) is 2. The van der Waals surface area contributed by atoms with E-state index >= 15 is 0 Å². The third-order valence-corrected chi connectivity index (χ3v) is 19.8. The number of nitrogen functional groups attached to an aromatic ring is 2. The molecule has 0 saturated heterocycles. The van der Waals surface area contributed by atoms with E-state index in [0.29, 0.717) is 177 Å². The number of aromatic nitrogens is 16. The lowest BCUT2D eigenvalue weighted by atomic mass is 10.0. The number of imidazole rings is 4. The quantitative estimate of drug-likeness (QED) is 0.0370. The van der Waals surface area contributed by atoms with Crippen molar-refractivity contribution >= 4 is 115 Å². The van der Waals surface area contributed by atoms with E-state index < -0.39 is 35.6 Å². The summed E-state index contributed by atoms with van der Waals surface area (Å²) in [6.45, 7) is 17.9. The Bertz CT molecular complexity index is 5480. The van der Waals surface area contributed by atoms with Gasteiger partial charge >= 0.3 is 11.9 Å². The minimum atomic E-state index is -0.977. The molecule has 6 amide bonds. The third kappa shape index (κ3) is 17.9. The summed E-state index contributed by atoms with van der Waals surface area (Å²) in [5, 5.41) is 42.4. The minimum Gasteiger partial charge on any atom is -0.477 e. The lowest BCUT2D eigenvalue weighted by Crippen LogP contribution is -2.29. The summed E-state index contributed by atoms with van der Waals surface area (Å²) in [6.07, 6.45) is 6.10. The molecule has 0 aliphatic carbocycles. The zero-order valence-electron chi connectivity index (χ0n) is 63.9. The number of hydrogen-bond donors (Lipinski definition) is 10. The lowest BCUT2D eigenvalue weighted by molar-refractivity contribution is 0.0672. The number of aromatic carboxylic acids is 2. The SMILES string of the molecule is CCn1nc(C)c(CCCCCn2nc(C)cc2C(=O)O)c1C(=O)O.CCn1nc(C)c2c1C(=O)Nc1nc3cc(C(N)=O)ccc3n1CCN(C)CCn1c(nc3cc(C(N)=O)ccc31)NC(=O)c1cc(C)nn1CCCCC2.CN(CCn1c(N)nc2cc(C(N)=O)ccc21)CCn1c(N)nc2cc(C(N)=O)ccc21. The van der Waals surface area contributed by atoms with Crippen molar-refractivity contribution in [2.75, 3.05) is 62.4 Å². The number of amides is 6. The van der Waals surface area contributed by atoms with Crippen molar-refractivity contribution < 1.29 is 48.6 Å². The zero-order chi connectivity index (χ0) is 80.5. The predicted molar refractivity (Wildman–Crippen MR) is 421 cm³/mol. The Labute approximate surface area is 642 Å². The number of rotatable bonds is 20. The van der Waals surface area contributed by atoms with Gasteiger partial charge in [0.15, 0.2) is 0 Å². The Morgan fingerprint density at radius 2 is 0.991 bits per heavy atom. The monoisotopic (exact) mass is 1530 g/mol. The summed E-state index contributed by atoms with van der Waals surface area (Å²) >= 11 is 0. The van der Waals surface area contributed by atoms with E-state index in [0.717, 1.165) is 88.8 Å². The molecule has 0 radical (unpaired) electrons. The van der Waals surface area contributed by atoms with Crippen molar-refractivity contribution in [2.45, 2.75) is 145 Å². The molecule has 12 aromatic rings. The Hall–Kier alpha value is -13.1. The Morgan fingerprint density at radius 3 is 1.48 bits per heavy atom. The van der Waals surface area contributed by atoms with Gasteiger partial charge in [-0.3, -0.25) is 58.1 Å². The number of nitrogens with two attached hydrogens (primary N) is 6. The van der Waals surface area contributed by atoms with Crippen LogP contribution < -0.4 is 45.0 Å². The molecule has 16 N–H and O–H groups in total. The van der Waals surface area contributed by atoms with E-state index in [1.54, 1.807) is 101 Å². The maximum atomic E-state index is 14.2. The number of hydrogen-bond acceptors (Lipinski definition) is 20. The van der Waals surface area contributed by atoms with Crippen molar-refractivity contribution in [1.29, 1.82) is 0 Å². The van der Waals surface area contributed by atoms with Gasteiger partial charge in [-0.05, 0) is 179 Å². The first-order chi connectivity index (χ1) is 53.5. The second-order valence-corrected chi connectivity index (χ2v) is 27.7. The average Bonchev–Trinajstić information content (AvgIpc) is 1.65. The van der Waals surface area contributed by atoms with Crippen LogP contribution in [-0.2, 0) is 65.2 Å². The van der Waals surface area contributed by atoms with Crippen LogP contribution in [-0.4, -0.2) is 185 Å². The maximum Gasteiger partial charge on any atom is 0.354 e. The highest BCUT2D eigenvalue weighted by Crippen LogP contribution is 2.28. The van der Waals surface area contributed by atoms with E-state index in [4.69, 9.17) is 54.6 Å². The number of benzene rings is 4. The summed E-state index contributed by atoms with van der Waals surface area (Å²) in [7, 11) is 3.97. The molecule has 112 heavy (non-hydrogen) atoms. The van der Waals surface area contributed by atoms with Crippen molar-refractivity contribution in [1.82, 2.24) is 87.1 Å². The molecule has 4 aromatic carbocycles. The zero-order valence-corrected chi connectivity index (χ0v) is 63.9. The van der Waals surface area contributed by atoms with Gasteiger partial charge in [0.25, 0.3) is 11.8 Å². The van der Waals surface area contributed by atoms with Gasteiger partial charge in [0.05, 0.1) is 66.9 Å². The molecule has 9 heterocycles. The molecule has 8 aromatic heterocycles. The molecule has 0 bridgehead atoms. The maximum absolute atomic E-state index is 14.2. The van der Waals surface area contributed by atoms with E-state index in [1.807, 2.05) is 67.0 Å². The number of carboxylic acids is 2. The topological polar surface area (TPSA) is 506 Å². The second kappa shape index (κ2) is 34.6. The molecule has 0 spiro atoms. The highest BCUT2D eigenvalue weighted by molar-refractivity contribution is 6.06. The molecule has 36 nitrogen and oxygen atoms in total. The van der Waals surface area contributed by atoms with Gasteiger partial charge in [-0.2, -0.15) is 20.4 Å². The molecule has 588 valence electrons. The van der Waals surface area contributed by atoms with Crippen molar-refractivity contribution in [2.24, 2.45) is 22.9 Å². The molecule has 0 unspecified atom stereocenters. The smallest absolute Gasteiger partial charge is 0.354 e. The first-order valence-electron chi connectivity index (χ1n) is 36.9. The number of likely N-dealkylation sites (N-methyl/N-ethyl adjacent to an activating group) is 2. The molecular formula is C76H94N26O10. The van der Waals surface area contributed by atoms with Crippen LogP contribution in [0.5, 0.6) is 0 Å². The number of anilines is 4. The van der Waals surface area contributed by atoms with Crippen LogP contribution in [0.3, 0.4) is 0 Å². The largest absolute Gasteiger partial charge is 0.477 e. The normalized spacial score (nSPS) is 13.3. The lowest BCUT2D eigenvalue weighted by Gasteiger charge is -2.20. The molecule has 36 heteroatoms. The number of unbranched alkanes of at least 4 members (excludes halogenated alkanes) is 2. The van der Waals surface area contributed by atoms with Gasteiger partial charge in [0.2, 0.25) is 47.4 Å². The first kappa shape index (κ1) is 79.9. The fourth-order valence-electron chi connectivity index (χ4n) is 14.0. The van der Waals surface area contributed by atoms with E-state index in [9.17, 15) is 43.5 Å². The van der Waals surface area contributed by atoms with Crippen LogP contribution in [0.15, 0.2) is 84.9 Å². The van der Waals surface area contributed by atoms with Gasteiger partial charge in [-0.1, -0.05) is 12.8 Å². The van der Waals surface area contributed by atoms with Gasteiger partial charge < -0.3 is 72.7 Å². The molecule has 0 saturated carbocycles. The summed E-state index contributed by atoms with van der Waals surface area (Å²) in [6, 6.07) is 23.7. The predicted octanol–water partition coefficient (Wildman–Crippen LogP) is 6.38.